The fourth-order valence-corrected chi connectivity index (χ4v) is 1.71. The third-order valence-electron chi connectivity index (χ3n) is 2.86. The normalized spacial score (nSPS) is 23.9. The molecule has 0 saturated heterocycles. The minimum atomic E-state index is -0.167. The van der Waals surface area contributed by atoms with Gasteiger partial charge >= 0.3 is 0 Å². The summed E-state index contributed by atoms with van der Waals surface area (Å²) in [7, 11) is 1.75. The van der Waals surface area contributed by atoms with Crippen LogP contribution in [0.2, 0.25) is 0 Å². The standard InChI is InChI=1S/C11H14N2O2/c1-7-5-8(7)10(14)6-11(15)9-3-4-13(2)12-9/h3-4,7-8H,5-6H2,1-2H3. The van der Waals surface area contributed by atoms with Crippen molar-refractivity contribution in [1.82, 2.24) is 9.78 Å². The van der Waals surface area contributed by atoms with Crippen LogP contribution in [0.25, 0.3) is 0 Å². The van der Waals surface area contributed by atoms with Crippen LogP contribution in [0.4, 0.5) is 0 Å². The highest BCUT2D eigenvalue weighted by Crippen LogP contribution is 2.39. The minimum absolute atomic E-state index is 0.00597. The first-order chi connectivity index (χ1) is 7.08. The molecule has 1 aromatic rings. The van der Waals surface area contributed by atoms with Crippen molar-refractivity contribution in [3.05, 3.63) is 18.0 Å². The Bertz CT molecular complexity index is 408. The Morgan fingerprint density at radius 3 is 2.73 bits per heavy atom. The molecule has 0 bridgehead atoms. The molecule has 0 N–H and O–H groups in total. The number of carbonyl (C=O) groups is 2. The number of aromatic nitrogens is 2. The molecule has 0 aliphatic heterocycles. The summed E-state index contributed by atoms with van der Waals surface area (Å²) in [4.78, 5) is 23.2. The monoisotopic (exact) mass is 206 g/mol. The van der Waals surface area contributed by atoms with E-state index >= 15 is 0 Å². The number of nitrogens with zero attached hydrogens (tertiary/aromatic N) is 2. The van der Waals surface area contributed by atoms with Crippen molar-refractivity contribution in [3.63, 3.8) is 0 Å². The number of Topliss-reactive ketones (excluding diaryl/α,β-unsaturated/α-hetero) is 2. The molecule has 0 amide bonds. The molecule has 1 aliphatic rings. The van der Waals surface area contributed by atoms with Gasteiger partial charge in [-0.15, -0.1) is 0 Å². The molecule has 4 nitrogen and oxygen atoms in total. The third-order valence-corrected chi connectivity index (χ3v) is 2.86. The average Bonchev–Trinajstić information content (AvgIpc) is 2.73. The summed E-state index contributed by atoms with van der Waals surface area (Å²) in [5.74, 6) is 0.490. The Morgan fingerprint density at radius 2 is 2.27 bits per heavy atom. The van der Waals surface area contributed by atoms with E-state index in [-0.39, 0.29) is 23.9 Å². The van der Waals surface area contributed by atoms with E-state index in [0.29, 0.717) is 11.6 Å². The molecule has 1 aliphatic carbocycles. The molecule has 1 aromatic heterocycles. The predicted molar refractivity (Wildman–Crippen MR) is 54.4 cm³/mol. The highest BCUT2D eigenvalue weighted by molar-refractivity contribution is 6.08. The maximum atomic E-state index is 11.6. The van der Waals surface area contributed by atoms with Gasteiger partial charge in [-0.3, -0.25) is 14.3 Å². The summed E-state index contributed by atoms with van der Waals surface area (Å²) < 4.78 is 1.57. The lowest BCUT2D eigenvalue weighted by Gasteiger charge is -1.96. The number of carbonyl (C=O) groups excluding carboxylic acids is 2. The van der Waals surface area contributed by atoms with Crippen LogP contribution in [0.3, 0.4) is 0 Å². The van der Waals surface area contributed by atoms with Crippen molar-refractivity contribution < 1.29 is 9.59 Å². The molecule has 4 heteroatoms. The van der Waals surface area contributed by atoms with E-state index in [1.165, 1.54) is 0 Å². The molecule has 80 valence electrons. The Balaban J connectivity index is 1.95. The van der Waals surface area contributed by atoms with Gasteiger partial charge in [0.25, 0.3) is 0 Å². The smallest absolute Gasteiger partial charge is 0.190 e. The first-order valence-corrected chi connectivity index (χ1v) is 5.13. The lowest BCUT2D eigenvalue weighted by molar-refractivity contribution is -0.119. The van der Waals surface area contributed by atoms with Crippen molar-refractivity contribution in [2.75, 3.05) is 0 Å². The van der Waals surface area contributed by atoms with Crippen molar-refractivity contribution >= 4 is 11.6 Å². The van der Waals surface area contributed by atoms with Gasteiger partial charge in [0.05, 0.1) is 6.42 Å². The zero-order valence-electron chi connectivity index (χ0n) is 8.93. The lowest BCUT2D eigenvalue weighted by Crippen LogP contribution is -2.11. The van der Waals surface area contributed by atoms with Gasteiger partial charge < -0.3 is 0 Å². The Kier molecular flexibility index (Phi) is 2.42. The van der Waals surface area contributed by atoms with Gasteiger partial charge in [-0.2, -0.15) is 5.10 Å². The molecular weight excluding hydrogens is 192 g/mol. The zero-order chi connectivity index (χ0) is 11.0. The molecule has 2 unspecified atom stereocenters. The largest absolute Gasteiger partial charge is 0.299 e. The lowest BCUT2D eigenvalue weighted by atomic mass is 10.1. The molecule has 1 heterocycles. The van der Waals surface area contributed by atoms with E-state index in [0.717, 1.165) is 6.42 Å². The van der Waals surface area contributed by atoms with E-state index in [1.807, 2.05) is 6.92 Å². The van der Waals surface area contributed by atoms with Crippen molar-refractivity contribution in [1.29, 1.82) is 0 Å². The van der Waals surface area contributed by atoms with Crippen LogP contribution in [-0.2, 0) is 11.8 Å². The van der Waals surface area contributed by atoms with Gasteiger partial charge in [0.1, 0.15) is 11.5 Å². The fraction of sp³-hybridized carbons (Fsp3) is 0.545. The van der Waals surface area contributed by atoms with E-state index in [9.17, 15) is 9.59 Å². The van der Waals surface area contributed by atoms with Crippen molar-refractivity contribution in [2.24, 2.45) is 18.9 Å². The van der Waals surface area contributed by atoms with Crippen LogP contribution in [0.5, 0.6) is 0 Å². The summed E-state index contributed by atoms with van der Waals surface area (Å²) in [6.45, 7) is 2.04. The molecule has 0 radical (unpaired) electrons. The van der Waals surface area contributed by atoms with Crippen LogP contribution >= 0.6 is 0 Å². The molecule has 0 aromatic carbocycles. The molecule has 2 atom stereocenters. The summed E-state index contributed by atoms with van der Waals surface area (Å²) in [5.41, 5.74) is 0.388. The average molecular weight is 206 g/mol. The van der Waals surface area contributed by atoms with Gasteiger partial charge in [0, 0.05) is 19.2 Å². The van der Waals surface area contributed by atoms with E-state index in [2.05, 4.69) is 5.10 Å². The van der Waals surface area contributed by atoms with Crippen molar-refractivity contribution in [2.45, 2.75) is 19.8 Å². The van der Waals surface area contributed by atoms with Crippen molar-refractivity contribution in [3.8, 4) is 0 Å². The van der Waals surface area contributed by atoms with E-state index < -0.39 is 0 Å². The number of rotatable bonds is 4. The summed E-state index contributed by atoms with van der Waals surface area (Å²) in [5, 5.41) is 3.98. The van der Waals surface area contributed by atoms with Crippen LogP contribution in [0.15, 0.2) is 12.3 Å². The van der Waals surface area contributed by atoms with Gasteiger partial charge in [-0.25, -0.2) is 0 Å². The maximum absolute atomic E-state index is 11.6. The molecule has 0 spiro atoms. The number of hydrogen-bond acceptors (Lipinski definition) is 3. The highest BCUT2D eigenvalue weighted by Gasteiger charge is 2.39. The molecule has 1 fully saturated rings. The first-order valence-electron chi connectivity index (χ1n) is 5.13. The van der Waals surface area contributed by atoms with Crippen LogP contribution < -0.4 is 0 Å². The second kappa shape index (κ2) is 3.61. The third kappa shape index (κ3) is 2.14. The first kappa shape index (κ1) is 10.1. The maximum Gasteiger partial charge on any atom is 0.190 e. The van der Waals surface area contributed by atoms with Crippen LogP contribution in [0.1, 0.15) is 30.3 Å². The van der Waals surface area contributed by atoms with Gasteiger partial charge in [-0.05, 0) is 18.4 Å². The van der Waals surface area contributed by atoms with Gasteiger partial charge in [0.2, 0.25) is 0 Å². The quantitative estimate of drug-likeness (QED) is 0.549. The van der Waals surface area contributed by atoms with Crippen LogP contribution in [0, 0.1) is 11.8 Å². The Morgan fingerprint density at radius 1 is 1.60 bits per heavy atom. The SMILES string of the molecule is CC1CC1C(=O)CC(=O)c1ccn(C)n1. The Labute approximate surface area is 88.3 Å². The summed E-state index contributed by atoms with van der Waals surface area (Å²) >= 11 is 0. The van der Waals surface area contributed by atoms with Gasteiger partial charge in [0.15, 0.2) is 5.78 Å². The number of ketones is 2. The number of aryl methyl sites for hydroxylation is 1. The molecular formula is C11H14N2O2. The molecule has 1 saturated carbocycles. The van der Waals surface area contributed by atoms with Gasteiger partial charge in [-0.1, -0.05) is 6.92 Å². The predicted octanol–water partition coefficient (Wildman–Crippen LogP) is 1.22. The minimum Gasteiger partial charge on any atom is -0.299 e. The second-order valence-corrected chi connectivity index (χ2v) is 4.26. The fourth-order valence-electron chi connectivity index (χ4n) is 1.71. The van der Waals surface area contributed by atoms with Crippen LogP contribution in [-0.4, -0.2) is 21.3 Å². The number of hydrogen-bond donors (Lipinski definition) is 0. The summed E-state index contributed by atoms with van der Waals surface area (Å²) in [6, 6.07) is 1.64. The molecule has 2 rings (SSSR count). The second-order valence-electron chi connectivity index (χ2n) is 4.26. The highest BCUT2D eigenvalue weighted by atomic mass is 16.1. The Hall–Kier alpha value is -1.45. The topological polar surface area (TPSA) is 52.0 Å². The molecule has 15 heavy (non-hydrogen) atoms. The van der Waals surface area contributed by atoms with E-state index in [4.69, 9.17) is 0 Å². The summed E-state index contributed by atoms with van der Waals surface area (Å²) in [6.07, 6.45) is 2.65. The zero-order valence-corrected chi connectivity index (χ0v) is 8.93. The van der Waals surface area contributed by atoms with E-state index in [1.54, 1.807) is 24.0 Å².